The van der Waals surface area contributed by atoms with Crippen LogP contribution in [-0.2, 0) is 15.3 Å². The lowest BCUT2D eigenvalue weighted by Gasteiger charge is -2.04. The summed E-state index contributed by atoms with van der Waals surface area (Å²) in [5.41, 5.74) is 1.08. The van der Waals surface area contributed by atoms with Gasteiger partial charge in [0.1, 0.15) is 0 Å². The highest BCUT2D eigenvalue weighted by molar-refractivity contribution is 7.38. The van der Waals surface area contributed by atoms with Crippen LogP contribution in [0, 0.1) is 0 Å². The molecule has 1 atom stereocenters. The summed E-state index contributed by atoms with van der Waals surface area (Å²) in [5, 5.41) is 2.40. The molecule has 2 aromatic rings. The van der Waals surface area contributed by atoms with Crippen molar-refractivity contribution in [2.75, 3.05) is 6.61 Å². The van der Waals surface area contributed by atoms with Crippen molar-refractivity contribution in [3.8, 4) is 0 Å². The molecule has 0 aliphatic heterocycles. The van der Waals surface area contributed by atoms with E-state index in [-0.39, 0.29) is 0 Å². The van der Waals surface area contributed by atoms with Gasteiger partial charge in [-0.25, -0.2) is 0 Å². The minimum absolute atomic E-state index is 0.519. The van der Waals surface area contributed by atoms with Crippen LogP contribution in [0.5, 0.6) is 0 Å². The first-order valence-electron chi connectivity index (χ1n) is 5.43. The first kappa shape index (κ1) is 11.4. The Morgan fingerprint density at radius 3 is 2.62 bits per heavy atom. The molecule has 0 aromatic heterocycles. The van der Waals surface area contributed by atoms with Crippen LogP contribution in [0.3, 0.4) is 0 Å². The fourth-order valence-corrected chi connectivity index (χ4v) is 2.70. The lowest BCUT2D eigenvalue weighted by atomic mass is 10.1. The monoisotopic (exact) mass is 234 g/mol. The van der Waals surface area contributed by atoms with Crippen LogP contribution >= 0.6 is 8.03 Å². The Labute approximate surface area is 96.1 Å². The molecule has 0 bridgehead atoms. The Hall–Kier alpha value is -1.11. The van der Waals surface area contributed by atoms with E-state index in [4.69, 9.17) is 4.52 Å². The number of hydrogen-bond donors (Lipinski definition) is 0. The zero-order chi connectivity index (χ0) is 11.4. The van der Waals surface area contributed by atoms with Crippen LogP contribution in [0.4, 0.5) is 0 Å². The number of fused-ring (bicyclic) bond motifs is 1. The van der Waals surface area contributed by atoms with Crippen molar-refractivity contribution in [1.82, 2.24) is 0 Å². The molecule has 0 aliphatic carbocycles. The molecule has 3 heteroatoms. The molecule has 1 unspecified atom stereocenters. The molecule has 0 saturated heterocycles. The molecule has 0 fully saturated rings. The van der Waals surface area contributed by atoms with Gasteiger partial charge in [0.2, 0.25) is 0 Å². The SMILES string of the molecule is CCO[PH](=O)Cc1ccc2ccccc2c1. The van der Waals surface area contributed by atoms with E-state index in [0.717, 1.165) is 5.56 Å². The van der Waals surface area contributed by atoms with Gasteiger partial charge < -0.3 is 4.52 Å². The van der Waals surface area contributed by atoms with E-state index in [2.05, 4.69) is 24.3 Å². The third kappa shape index (κ3) is 2.72. The molecule has 16 heavy (non-hydrogen) atoms. The van der Waals surface area contributed by atoms with E-state index in [9.17, 15) is 4.57 Å². The highest BCUT2D eigenvalue weighted by Crippen LogP contribution is 2.29. The van der Waals surface area contributed by atoms with Gasteiger partial charge in [-0.2, -0.15) is 0 Å². The minimum Gasteiger partial charge on any atom is -0.331 e. The minimum atomic E-state index is -1.91. The van der Waals surface area contributed by atoms with Crippen LogP contribution in [0.25, 0.3) is 10.8 Å². The maximum atomic E-state index is 11.5. The largest absolute Gasteiger partial charge is 0.331 e. The van der Waals surface area contributed by atoms with Crippen molar-refractivity contribution in [2.24, 2.45) is 0 Å². The number of benzene rings is 2. The average molecular weight is 234 g/mol. The van der Waals surface area contributed by atoms with E-state index in [1.54, 1.807) is 0 Å². The molecule has 2 rings (SSSR count). The van der Waals surface area contributed by atoms with Crippen molar-refractivity contribution >= 4 is 18.8 Å². The fraction of sp³-hybridized carbons (Fsp3) is 0.231. The summed E-state index contributed by atoms with van der Waals surface area (Å²) >= 11 is 0. The highest BCUT2D eigenvalue weighted by atomic mass is 31.1. The van der Waals surface area contributed by atoms with E-state index in [1.165, 1.54) is 10.8 Å². The second kappa shape index (κ2) is 5.29. The van der Waals surface area contributed by atoms with Crippen LogP contribution in [-0.4, -0.2) is 6.61 Å². The second-order valence-electron chi connectivity index (χ2n) is 3.66. The van der Waals surface area contributed by atoms with Crippen molar-refractivity contribution < 1.29 is 9.09 Å². The summed E-state index contributed by atoms with van der Waals surface area (Å²) in [6.07, 6.45) is 0.531. The molecule has 0 saturated carbocycles. The van der Waals surface area contributed by atoms with Gasteiger partial charge in [-0.15, -0.1) is 0 Å². The molecule has 0 heterocycles. The molecule has 84 valence electrons. The van der Waals surface area contributed by atoms with Crippen molar-refractivity contribution in [1.29, 1.82) is 0 Å². The van der Waals surface area contributed by atoms with Gasteiger partial charge >= 0.3 is 0 Å². The number of hydrogen-bond acceptors (Lipinski definition) is 2. The van der Waals surface area contributed by atoms with E-state index in [0.29, 0.717) is 12.8 Å². The third-order valence-electron chi connectivity index (χ3n) is 2.47. The average Bonchev–Trinajstić information content (AvgIpc) is 2.29. The second-order valence-corrected chi connectivity index (χ2v) is 5.05. The van der Waals surface area contributed by atoms with Gasteiger partial charge in [0.05, 0.1) is 6.61 Å². The standard InChI is InChI=1S/C13H15O2P/c1-2-15-16(14)10-11-7-8-12-5-3-4-6-13(12)9-11/h3-9,16H,2,10H2,1H3. The summed E-state index contributed by atoms with van der Waals surface area (Å²) in [5.74, 6) is 0. The Kier molecular flexibility index (Phi) is 3.76. The molecule has 2 aromatic carbocycles. The summed E-state index contributed by atoms with van der Waals surface area (Å²) < 4.78 is 16.6. The molecule has 0 N–H and O–H groups in total. The Morgan fingerprint density at radius 2 is 1.88 bits per heavy atom. The Bertz CT molecular complexity index is 508. The quantitative estimate of drug-likeness (QED) is 0.751. The molecule has 0 amide bonds. The van der Waals surface area contributed by atoms with Gasteiger partial charge in [-0.1, -0.05) is 42.5 Å². The highest BCUT2D eigenvalue weighted by Gasteiger charge is 2.01. The summed E-state index contributed by atoms with van der Waals surface area (Å²) in [6, 6.07) is 14.3. The van der Waals surface area contributed by atoms with Crippen molar-refractivity contribution in [3.63, 3.8) is 0 Å². The zero-order valence-electron chi connectivity index (χ0n) is 9.27. The van der Waals surface area contributed by atoms with Gasteiger partial charge in [-0.05, 0) is 23.3 Å². The van der Waals surface area contributed by atoms with E-state index in [1.807, 2.05) is 25.1 Å². The lowest BCUT2D eigenvalue weighted by molar-refractivity contribution is 0.350. The van der Waals surface area contributed by atoms with E-state index >= 15 is 0 Å². The van der Waals surface area contributed by atoms with Gasteiger partial charge in [0, 0.05) is 6.16 Å². The predicted molar refractivity (Wildman–Crippen MR) is 68.3 cm³/mol. The molecule has 0 radical (unpaired) electrons. The van der Waals surface area contributed by atoms with Crippen LogP contribution < -0.4 is 0 Å². The van der Waals surface area contributed by atoms with E-state index < -0.39 is 8.03 Å². The van der Waals surface area contributed by atoms with Crippen molar-refractivity contribution in [3.05, 3.63) is 48.0 Å². The molecule has 0 aliphatic rings. The summed E-state index contributed by atoms with van der Waals surface area (Å²) in [4.78, 5) is 0. The van der Waals surface area contributed by atoms with Crippen molar-refractivity contribution in [2.45, 2.75) is 13.1 Å². The van der Waals surface area contributed by atoms with Gasteiger partial charge in [-0.3, -0.25) is 4.57 Å². The lowest BCUT2D eigenvalue weighted by Crippen LogP contribution is -1.84. The number of rotatable bonds is 4. The normalized spacial score (nSPS) is 12.8. The van der Waals surface area contributed by atoms with Crippen LogP contribution in [0.1, 0.15) is 12.5 Å². The molecular formula is C13H15O2P. The predicted octanol–water partition coefficient (Wildman–Crippen LogP) is 3.85. The molecule has 0 spiro atoms. The first-order chi connectivity index (χ1) is 7.79. The summed E-state index contributed by atoms with van der Waals surface area (Å²) in [6.45, 7) is 2.38. The molecular weight excluding hydrogens is 219 g/mol. The summed E-state index contributed by atoms with van der Waals surface area (Å²) in [7, 11) is -1.91. The smallest absolute Gasteiger partial charge is 0.195 e. The van der Waals surface area contributed by atoms with Crippen LogP contribution in [0.15, 0.2) is 42.5 Å². The van der Waals surface area contributed by atoms with Crippen LogP contribution in [0.2, 0.25) is 0 Å². The topological polar surface area (TPSA) is 26.3 Å². The maximum absolute atomic E-state index is 11.5. The van der Waals surface area contributed by atoms with Gasteiger partial charge in [0.25, 0.3) is 0 Å². The first-order valence-corrected chi connectivity index (χ1v) is 6.95. The fourth-order valence-electron chi connectivity index (χ4n) is 1.73. The Balaban J connectivity index is 2.22. The molecule has 2 nitrogen and oxygen atoms in total. The zero-order valence-corrected chi connectivity index (χ0v) is 10.3. The maximum Gasteiger partial charge on any atom is 0.195 e. The van der Waals surface area contributed by atoms with Gasteiger partial charge in [0.15, 0.2) is 8.03 Å². The third-order valence-corrected chi connectivity index (χ3v) is 3.78. The Morgan fingerprint density at radius 1 is 1.12 bits per heavy atom.